The standard InChI is InChI=1S/C19H29N/c1-13-8-11-19(14(13)2)20-15(3)17-10-9-16-6-4-5-7-18(16)12-17/h9-10,12-15,19-20H,4-8,11H2,1-3H3. The molecule has 0 aromatic heterocycles. The van der Waals surface area contributed by atoms with E-state index in [1.807, 2.05) is 0 Å². The van der Waals surface area contributed by atoms with E-state index in [4.69, 9.17) is 0 Å². The van der Waals surface area contributed by atoms with Gasteiger partial charge in [-0.3, -0.25) is 0 Å². The van der Waals surface area contributed by atoms with Crippen LogP contribution in [-0.2, 0) is 12.8 Å². The molecule has 0 saturated heterocycles. The Labute approximate surface area is 124 Å². The summed E-state index contributed by atoms with van der Waals surface area (Å²) in [5, 5.41) is 3.88. The molecule has 0 aliphatic heterocycles. The van der Waals surface area contributed by atoms with Gasteiger partial charge in [-0.05, 0) is 74.0 Å². The van der Waals surface area contributed by atoms with Crippen LogP contribution < -0.4 is 5.32 Å². The van der Waals surface area contributed by atoms with Gasteiger partial charge in [-0.25, -0.2) is 0 Å². The highest BCUT2D eigenvalue weighted by molar-refractivity contribution is 5.35. The Morgan fingerprint density at radius 1 is 1.05 bits per heavy atom. The largest absolute Gasteiger partial charge is 0.307 e. The Hall–Kier alpha value is -0.820. The molecule has 20 heavy (non-hydrogen) atoms. The van der Waals surface area contributed by atoms with Gasteiger partial charge in [0.2, 0.25) is 0 Å². The number of benzene rings is 1. The summed E-state index contributed by atoms with van der Waals surface area (Å²) in [7, 11) is 0. The van der Waals surface area contributed by atoms with E-state index in [0.717, 1.165) is 11.8 Å². The Morgan fingerprint density at radius 3 is 2.50 bits per heavy atom. The van der Waals surface area contributed by atoms with E-state index in [2.05, 4.69) is 44.3 Å². The van der Waals surface area contributed by atoms with Crippen molar-refractivity contribution in [3.8, 4) is 0 Å². The summed E-state index contributed by atoms with van der Waals surface area (Å²) in [6.45, 7) is 7.14. The zero-order valence-electron chi connectivity index (χ0n) is 13.3. The van der Waals surface area contributed by atoms with Crippen LogP contribution in [-0.4, -0.2) is 6.04 Å². The fourth-order valence-electron chi connectivity index (χ4n) is 4.04. The third-order valence-corrected chi connectivity index (χ3v) is 5.80. The first kappa shape index (κ1) is 14.1. The van der Waals surface area contributed by atoms with E-state index < -0.39 is 0 Å². The number of rotatable bonds is 3. The smallest absolute Gasteiger partial charge is 0.0294 e. The molecule has 2 aliphatic carbocycles. The molecule has 110 valence electrons. The predicted octanol–water partition coefficient (Wildman–Crippen LogP) is 4.65. The highest BCUT2D eigenvalue weighted by Gasteiger charge is 2.30. The van der Waals surface area contributed by atoms with Gasteiger partial charge in [-0.15, -0.1) is 0 Å². The van der Waals surface area contributed by atoms with Gasteiger partial charge in [0, 0.05) is 12.1 Å². The Bertz CT molecular complexity index is 465. The summed E-state index contributed by atoms with van der Waals surface area (Å²) in [5.74, 6) is 1.69. The van der Waals surface area contributed by atoms with Gasteiger partial charge in [0.1, 0.15) is 0 Å². The molecule has 0 radical (unpaired) electrons. The van der Waals surface area contributed by atoms with Crippen molar-refractivity contribution in [3.05, 3.63) is 34.9 Å². The molecule has 1 aromatic carbocycles. The molecule has 1 heteroatoms. The fraction of sp³-hybridized carbons (Fsp3) is 0.684. The lowest BCUT2D eigenvalue weighted by atomic mass is 9.89. The van der Waals surface area contributed by atoms with Crippen LogP contribution in [0.3, 0.4) is 0 Å². The molecule has 4 atom stereocenters. The second-order valence-corrected chi connectivity index (χ2v) is 7.14. The van der Waals surface area contributed by atoms with Crippen molar-refractivity contribution in [2.75, 3.05) is 0 Å². The predicted molar refractivity (Wildman–Crippen MR) is 86.0 cm³/mol. The Morgan fingerprint density at radius 2 is 1.80 bits per heavy atom. The maximum Gasteiger partial charge on any atom is 0.0294 e. The van der Waals surface area contributed by atoms with Crippen molar-refractivity contribution in [1.29, 1.82) is 0 Å². The summed E-state index contributed by atoms with van der Waals surface area (Å²) < 4.78 is 0. The molecule has 0 bridgehead atoms. The second-order valence-electron chi connectivity index (χ2n) is 7.14. The summed E-state index contributed by atoms with van der Waals surface area (Å²) >= 11 is 0. The molecule has 2 aliphatic rings. The molecular formula is C19H29N. The first-order chi connectivity index (χ1) is 9.65. The summed E-state index contributed by atoms with van der Waals surface area (Å²) in [4.78, 5) is 0. The van der Waals surface area contributed by atoms with Crippen LogP contribution in [0.15, 0.2) is 18.2 Å². The maximum atomic E-state index is 3.88. The zero-order valence-corrected chi connectivity index (χ0v) is 13.3. The average Bonchev–Trinajstić information content (AvgIpc) is 2.78. The van der Waals surface area contributed by atoms with Crippen LogP contribution >= 0.6 is 0 Å². The van der Waals surface area contributed by atoms with Crippen molar-refractivity contribution >= 4 is 0 Å². The maximum absolute atomic E-state index is 3.88. The third kappa shape index (κ3) is 2.79. The molecule has 0 spiro atoms. The van der Waals surface area contributed by atoms with Gasteiger partial charge in [-0.1, -0.05) is 32.0 Å². The van der Waals surface area contributed by atoms with Crippen molar-refractivity contribution in [2.24, 2.45) is 11.8 Å². The average molecular weight is 271 g/mol. The molecule has 1 aromatic rings. The lowest BCUT2D eigenvalue weighted by Crippen LogP contribution is -2.34. The number of hydrogen-bond acceptors (Lipinski definition) is 1. The van der Waals surface area contributed by atoms with Crippen molar-refractivity contribution in [2.45, 2.75) is 71.4 Å². The third-order valence-electron chi connectivity index (χ3n) is 5.80. The van der Waals surface area contributed by atoms with Crippen LogP contribution in [0.4, 0.5) is 0 Å². The van der Waals surface area contributed by atoms with Gasteiger partial charge in [0.05, 0.1) is 0 Å². The number of hydrogen-bond donors (Lipinski definition) is 1. The molecule has 4 unspecified atom stereocenters. The number of aryl methyl sites for hydroxylation is 2. The van der Waals surface area contributed by atoms with E-state index in [-0.39, 0.29) is 0 Å². The highest BCUT2D eigenvalue weighted by Crippen LogP contribution is 2.33. The van der Waals surface area contributed by atoms with Gasteiger partial charge in [0.25, 0.3) is 0 Å². The summed E-state index contributed by atoms with van der Waals surface area (Å²) in [6.07, 6.45) is 8.04. The van der Waals surface area contributed by atoms with Crippen LogP contribution in [0.2, 0.25) is 0 Å². The molecule has 0 heterocycles. The molecule has 3 rings (SSSR count). The van der Waals surface area contributed by atoms with Gasteiger partial charge < -0.3 is 5.32 Å². The van der Waals surface area contributed by atoms with Gasteiger partial charge >= 0.3 is 0 Å². The van der Waals surface area contributed by atoms with E-state index in [1.54, 1.807) is 11.1 Å². The monoisotopic (exact) mass is 271 g/mol. The first-order valence-corrected chi connectivity index (χ1v) is 8.53. The van der Waals surface area contributed by atoms with Crippen molar-refractivity contribution < 1.29 is 0 Å². The van der Waals surface area contributed by atoms with E-state index >= 15 is 0 Å². The fourth-order valence-corrected chi connectivity index (χ4v) is 4.04. The molecule has 1 saturated carbocycles. The van der Waals surface area contributed by atoms with Crippen LogP contribution in [0.25, 0.3) is 0 Å². The Kier molecular flexibility index (Phi) is 4.16. The lowest BCUT2D eigenvalue weighted by Gasteiger charge is -2.26. The van der Waals surface area contributed by atoms with Gasteiger partial charge in [0.15, 0.2) is 0 Å². The van der Waals surface area contributed by atoms with Crippen LogP contribution in [0, 0.1) is 11.8 Å². The second kappa shape index (κ2) is 5.89. The van der Waals surface area contributed by atoms with Crippen LogP contribution in [0.5, 0.6) is 0 Å². The highest BCUT2D eigenvalue weighted by atomic mass is 15.0. The minimum absolute atomic E-state index is 0.486. The minimum Gasteiger partial charge on any atom is -0.307 e. The molecular weight excluding hydrogens is 242 g/mol. The number of fused-ring (bicyclic) bond motifs is 1. The minimum atomic E-state index is 0.486. The molecule has 0 amide bonds. The van der Waals surface area contributed by atoms with E-state index in [0.29, 0.717) is 12.1 Å². The quantitative estimate of drug-likeness (QED) is 0.843. The zero-order chi connectivity index (χ0) is 14.1. The van der Waals surface area contributed by atoms with Crippen LogP contribution in [0.1, 0.15) is 69.2 Å². The first-order valence-electron chi connectivity index (χ1n) is 8.53. The summed E-state index contributed by atoms with van der Waals surface area (Å²) in [5.41, 5.74) is 4.68. The topological polar surface area (TPSA) is 12.0 Å². The normalized spacial score (nSPS) is 31.1. The van der Waals surface area contributed by atoms with E-state index in [1.165, 1.54) is 44.1 Å². The molecule has 1 fully saturated rings. The molecule has 1 N–H and O–H groups in total. The molecule has 1 nitrogen and oxygen atoms in total. The summed E-state index contributed by atoms with van der Waals surface area (Å²) in [6, 6.07) is 8.39. The van der Waals surface area contributed by atoms with Crippen molar-refractivity contribution in [3.63, 3.8) is 0 Å². The van der Waals surface area contributed by atoms with E-state index in [9.17, 15) is 0 Å². The van der Waals surface area contributed by atoms with Gasteiger partial charge in [-0.2, -0.15) is 0 Å². The lowest BCUT2D eigenvalue weighted by molar-refractivity contribution is 0.347. The van der Waals surface area contributed by atoms with Crippen molar-refractivity contribution in [1.82, 2.24) is 5.32 Å². The number of nitrogens with one attached hydrogen (secondary N) is 1. The SMILES string of the molecule is CC(NC1CCC(C)C1C)c1ccc2c(c1)CCCC2. The Balaban J connectivity index is 1.69.